The molecule has 1 aliphatic carbocycles. The number of fused-ring (bicyclic) bond motifs is 1. The summed E-state index contributed by atoms with van der Waals surface area (Å²) in [6.07, 6.45) is 1.75. The molecule has 2 aromatic carbocycles. The van der Waals surface area contributed by atoms with Crippen LogP contribution in [-0.4, -0.2) is 32.9 Å². The molecule has 1 N–H and O–H groups in total. The number of carbonyl (C=O) groups is 1. The number of benzene rings is 2. The lowest BCUT2D eigenvalue weighted by atomic mass is 10.1. The van der Waals surface area contributed by atoms with Crippen molar-refractivity contribution in [3.8, 4) is 17.2 Å². The van der Waals surface area contributed by atoms with Crippen LogP contribution in [0.4, 0.5) is 0 Å². The van der Waals surface area contributed by atoms with Crippen LogP contribution < -0.4 is 19.6 Å². The van der Waals surface area contributed by atoms with E-state index in [0.717, 1.165) is 24.1 Å². The van der Waals surface area contributed by atoms with Crippen LogP contribution in [0.5, 0.6) is 17.2 Å². The number of ether oxygens (including phenoxy) is 3. The lowest BCUT2D eigenvalue weighted by Crippen LogP contribution is -2.19. The van der Waals surface area contributed by atoms with Crippen LogP contribution in [0.25, 0.3) is 0 Å². The fourth-order valence-corrected chi connectivity index (χ4v) is 2.92. The first-order valence-electron chi connectivity index (χ1n) is 7.93. The predicted octanol–water partition coefficient (Wildman–Crippen LogP) is 2.79. The van der Waals surface area contributed by atoms with Crippen molar-refractivity contribution < 1.29 is 19.0 Å². The fraction of sp³-hybridized carbons (Fsp3) is 0.263. The average Bonchev–Trinajstić information content (AvgIpc) is 3.07. The first-order valence-corrected chi connectivity index (χ1v) is 7.93. The normalized spacial score (nSPS) is 14.1. The van der Waals surface area contributed by atoms with E-state index in [1.807, 2.05) is 18.2 Å². The summed E-state index contributed by atoms with van der Waals surface area (Å²) in [5, 5.41) is 4.30. The van der Waals surface area contributed by atoms with E-state index < -0.39 is 0 Å². The lowest BCUT2D eigenvalue weighted by molar-refractivity contribution is 0.0954. The van der Waals surface area contributed by atoms with Gasteiger partial charge in [-0.2, -0.15) is 5.10 Å². The number of hydrazone groups is 1. The number of amides is 1. The third-order valence-electron chi connectivity index (χ3n) is 4.18. The Morgan fingerprint density at radius 2 is 1.68 bits per heavy atom. The largest absolute Gasteiger partial charge is 0.493 e. The highest BCUT2D eigenvalue weighted by Gasteiger charge is 2.19. The van der Waals surface area contributed by atoms with Crippen molar-refractivity contribution >= 4 is 11.6 Å². The van der Waals surface area contributed by atoms with E-state index in [0.29, 0.717) is 22.8 Å². The Hall–Kier alpha value is -3.02. The third-order valence-corrected chi connectivity index (χ3v) is 4.18. The Morgan fingerprint density at radius 1 is 1.00 bits per heavy atom. The molecule has 0 fully saturated rings. The summed E-state index contributed by atoms with van der Waals surface area (Å²) < 4.78 is 15.8. The van der Waals surface area contributed by atoms with E-state index in [1.165, 1.54) is 26.9 Å². The fourth-order valence-electron chi connectivity index (χ4n) is 2.92. The number of aryl methyl sites for hydroxylation is 1. The van der Waals surface area contributed by atoms with Gasteiger partial charge in [0, 0.05) is 11.1 Å². The standard InChI is InChI=1S/C19H20N2O4/c1-23-16-10-13(11-17(24-2)18(16)25-3)19(22)21-20-15-9-8-12-6-4-5-7-14(12)15/h4-7,10-11H,8-9H2,1-3H3,(H,21,22)/b20-15-. The first kappa shape index (κ1) is 16.8. The summed E-state index contributed by atoms with van der Waals surface area (Å²) in [5.41, 5.74) is 6.23. The van der Waals surface area contributed by atoms with Gasteiger partial charge in [-0.25, -0.2) is 5.43 Å². The van der Waals surface area contributed by atoms with Gasteiger partial charge in [-0.1, -0.05) is 24.3 Å². The summed E-state index contributed by atoms with van der Waals surface area (Å²) >= 11 is 0. The van der Waals surface area contributed by atoms with Gasteiger partial charge in [-0.15, -0.1) is 0 Å². The van der Waals surface area contributed by atoms with Crippen molar-refractivity contribution in [3.05, 3.63) is 53.1 Å². The van der Waals surface area contributed by atoms with Gasteiger partial charge in [0.1, 0.15) is 0 Å². The van der Waals surface area contributed by atoms with Gasteiger partial charge >= 0.3 is 0 Å². The van der Waals surface area contributed by atoms with Crippen molar-refractivity contribution in [2.24, 2.45) is 5.10 Å². The summed E-state index contributed by atoms with van der Waals surface area (Å²) in [7, 11) is 4.53. The molecule has 0 saturated heterocycles. The summed E-state index contributed by atoms with van der Waals surface area (Å²) in [6, 6.07) is 11.3. The van der Waals surface area contributed by atoms with Crippen LogP contribution in [0.1, 0.15) is 27.9 Å². The molecule has 0 aliphatic heterocycles. The molecular weight excluding hydrogens is 320 g/mol. The maximum absolute atomic E-state index is 12.5. The maximum Gasteiger partial charge on any atom is 0.271 e. The molecule has 0 heterocycles. The molecule has 3 rings (SSSR count). The van der Waals surface area contributed by atoms with Crippen molar-refractivity contribution in [2.75, 3.05) is 21.3 Å². The molecule has 6 heteroatoms. The molecule has 0 spiro atoms. The molecule has 6 nitrogen and oxygen atoms in total. The quantitative estimate of drug-likeness (QED) is 0.850. The summed E-state index contributed by atoms with van der Waals surface area (Å²) in [5.74, 6) is 0.949. The van der Waals surface area contributed by atoms with Crippen LogP contribution in [0.15, 0.2) is 41.5 Å². The average molecular weight is 340 g/mol. The number of hydrogen-bond donors (Lipinski definition) is 1. The van der Waals surface area contributed by atoms with Crippen molar-refractivity contribution in [1.29, 1.82) is 0 Å². The number of nitrogens with zero attached hydrogens (tertiary/aromatic N) is 1. The Kier molecular flexibility index (Phi) is 4.88. The smallest absolute Gasteiger partial charge is 0.271 e. The minimum atomic E-state index is -0.337. The zero-order chi connectivity index (χ0) is 17.8. The molecule has 2 aromatic rings. The van der Waals surface area contributed by atoms with Gasteiger partial charge in [0.25, 0.3) is 5.91 Å². The van der Waals surface area contributed by atoms with Crippen LogP contribution in [0.3, 0.4) is 0 Å². The number of carbonyl (C=O) groups excluding carboxylic acids is 1. The van der Waals surface area contributed by atoms with Gasteiger partial charge in [0.15, 0.2) is 11.5 Å². The highest BCUT2D eigenvalue weighted by Crippen LogP contribution is 2.38. The van der Waals surface area contributed by atoms with Gasteiger partial charge < -0.3 is 14.2 Å². The Labute approximate surface area is 146 Å². The van der Waals surface area contributed by atoms with Crippen molar-refractivity contribution in [3.63, 3.8) is 0 Å². The van der Waals surface area contributed by atoms with E-state index >= 15 is 0 Å². The third kappa shape index (κ3) is 3.28. The van der Waals surface area contributed by atoms with Crippen LogP contribution >= 0.6 is 0 Å². The van der Waals surface area contributed by atoms with Crippen molar-refractivity contribution in [1.82, 2.24) is 5.43 Å². The van der Waals surface area contributed by atoms with Gasteiger partial charge in [0.2, 0.25) is 5.75 Å². The van der Waals surface area contributed by atoms with Crippen LogP contribution in [0.2, 0.25) is 0 Å². The van der Waals surface area contributed by atoms with E-state index in [-0.39, 0.29) is 5.91 Å². The molecule has 0 atom stereocenters. The van der Waals surface area contributed by atoms with Gasteiger partial charge in [-0.3, -0.25) is 4.79 Å². The Balaban J connectivity index is 1.84. The highest BCUT2D eigenvalue weighted by atomic mass is 16.5. The molecule has 1 aliphatic rings. The van der Waals surface area contributed by atoms with E-state index in [1.54, 1.807) is 12.1 Å². The number of nitrogens with one attached hydrogen (secondary N) is 1. The second kappa shape index (κ2) is 7.25. The Morgan fingerprint density at radius 3 is 2.32 bits per heavy atom. The molecule has 0 bridgehead atoms. The number of rotatable bonds is 5. The van der Waals surface area contributed by atoms with Gasteiger partial charge in [-0.05, 0) is 30.5 Å². The zero-order valence-electron chi connectivity index (χ0n) is 14.5. The highest BCUT2D eigenvalue weighted by molar-refractivity contribution is 6.05. The second-order valence-electron chi connectivity index (χ2n) is 5.57. The van der Waals surface area contributed by atoms with Crippen LogP contribution in [-0.2, 0) is 6.42 Å². The minimum absolute atomic E-state index is 0.337. The van der Waals surface area contributed by atoms with Gasteiger partial charge in [0.05, 0.1) is 27.0 Å². The molecule has 130 valence electrons. The zero-order valence-corrected chi connectivity index (χ0v) is 14.5. The van der Waals surface area contributed by atoms with Crippen molar-refractivity contribution in [2.45, 2.75) is 12.8 Å². The van der Waals surface area contributed by atoms with E-state index in [9.17, 15) is 4.79 Å². The predicted molar refractivity (Wildman–Crippen MR) is 94.9 cm³/mol. The first-order chi connectivity index (χ1) is 12.2. The SMILES string of the molecule is COc1cc(C(=O)N/N=C2/CCc3ccccc32)cc(OC)c1OC. The Bertz CT molecular complexity index is 805. The number of hydrogen-bond acceptors (Lipinski definition) is 5. The second-order valence-corrected chi connectivity index (χ2v) is 5.57. The monoisotopic (exact) mass is 340 g/mol. The van der Waals surface area contributed by atoms with Crippen LogP contribution in [0, 0.1) is 0 Å². The van der Waals surface area contributed by atoms with E-state index in [4.69, 9.17) is 14.2 Å². The molecule has 0 aromatic heterocycles. The molecule has 0 radical (unpaired) electrons. The van der Waals surface area contributed by atoms with E-state index in [2.05, 4.69) is 16.6 Å². The number of methoxy groups -OCH3 is 3. The topological polar surface area (TPSA) is 69.2 Å². The summed E-state index contributed by atoms with van der Waals surface area (Å²) in [4.78, 5) is 12.5. The molecular formula is C19H20N2O4. The molecule has 25 heavy (non-hydrogen) atoms. The lowest BCUT2D eigenvalue weighted by Gasteiger charge is -2.13. The molecule has 1 amide bonds. The maximum atomic E-state index is 12.5. The minimum Gasteiger partial charge on any atom is -0.493 e. The molecule has 0 unspecified atom stereocenters. The molecule has 0 saturated carbocycles. The summed E-state index contributed by atoms with van der Waals surface area (Å²) in [6.45, 7) is 0.